The largest absolute Gasteiger partial charge is 0.348 e. The van der Waals surface area contributed by atoms with E-state index in [1.54, 1.807) is 23.3 Å². The number of hydrogen-bond donors (Lipinski definition) is 1. The molecule has 0 unspecified atom stereocenters. The van der Waals surface area contributed by atoms with E-state index < -0.39 is 6.43 Å². The molecule has 1 N–H and O–H groups in total. The molecule has 6 nitrogen and oxygen atoms in total. The average molecular weight is 405 g/mol. The minimum atomic E-state index is -2.23. The lowest BCUT2D eigenvalue weighted by Gasteiger charge is -2.29. The average Bonchev–Trinajstić information content (AvgIpc) is 3.38. The molecule has 3 aromatic heterocycles. The second kappa shape index (κ2) is 8.30. The molecule has 0 radical (unpaired) electrons. The zero-order chi connectivity index (χ0) is 19.5. The number of rotatable bonds is 6. The number of aromatic nitrogens is 4. The lowest BCUT2D eigenvalue weighted by molar-refractivity contribution is 0.0913. The smallest absolute Gasteiger partial charge is 0.271 e. The first kappa shape index (κ1) is 18.9. The van der Waals surface area contributed by atoms with Crippen molar-refractivity contribution in [1.82, 2.24) is 24.8 Å². The molecule has 0 spiro atoms. The van der Waals surface area contributed by atoms with E-state index in [9.17, 15) is 13.6 Å². The highest BCUT2D eigenvalue weighted by molar-refractivity contribution is 7.17. The van der Waals surface area contributed by atoms with Crippen molar-refractivity contribution in [3.63, 3.8) is 0 Å². The van der Waals surface area contributed by atoms with Crippen LogP contribution in [0.3, 0.4) is 0 Å². The summed E-state index contributed by atoms with van der Waals surface area (Å²) in [6.45, 7) is 0. The molecule has 148 valence electrons. The molecule has 3 heterocycles. The van der Waals surface area contributed by atoms with Crippen LogP contribution in [-0.4, -0.2) is 37.9 Å². The first-order valence-electron chi connectivity index (χ1n) is 9.42. The quantitative estimate of drug-likeness (QED) is 0.667. The van der Waals surface area contributed by atoms with Crippen LogP contribution >= 0.6 is 11.3 Å². The maximum atomic E-state index is 12.9. The van der Waals surface area contributed by atoms with Crippen LogP contribution in [0.2, 0.25) is 0 Å². The molecule has 0 saturated heterocycles. The normalized spacial score (nSPS) is 20.0. The number of carbonyl (C=O) groups excluding carboxylic acids is 1. The van der Waals surface area contributed by atoms with Gasteiger partial charge in [0.1, 0.15) is 6.33 Å². The van der Waals surface area contributed by atoms with Crippen LogP contribution in [0.15, 0.2) is 30.2 Å². The summed E-state index contributed by atoms with van der Waals surface area (Å²) in [4.78, 5) is 25.9. The monoisotopic (exact) mass is 405 g/mol. The molecule has 0 aromatic carbocycles. The highest BCUT2D eigenvalue weighted by atomic mass is 32.1. The lowest BCUT2D eigenvalue weighted by Crippen LogP contribution is -2.38. The highest BCUT2D eigenvalue weighted by Gasteiger charge is 2.25. The summed E-state index contributed by atoms with van der Waals surface area (Å²) >= 11 is 1.44. The third-order valence-electron chi connectivity index (χ3n) is 5.22. The second-order valence-electron chi connectivity index (χ2n) is 7.14. The van der Waals surface area contributed by atoms with E-state index >= 15 is 0 Å². The van der Waals surface area contributed by atoms with Gasteiger partial charge in [-0.2, -0.15) is 0 Å². The van der Waals surface area contributed by atoms with E-state index in [1.807, 2.05) is 11.4 Å². The molecular weight excluding hydrogens is 384 g/mol. The molecule has 0 atom stereocenters. The Hall–Kier alpha value is -2.42. The van der Waals surface area contributed by atoms with Crippen LogP contribution in [0.1, 0.15) is 49.0 Å². The number of alkyl halides is 2. The Labute approximate surface area is 165 Å². The zero-order valence-corrected chi connectivity index (χ0v) is 16.0. The Balaban J connectivity index is 1.45. The fourth-order valence-corrected chi connectivity index (χ4v) is 4.53. The van der Waals surface area contributed by atoms with Gasteiger partial charge in [-0.3, -0.25) is 9.36 Å². The summed E-state index contributed by atoms with van der Waals surface area (Å²) in [7, 11) is 0. The Bertz CT molecular complexity index is 935. The van der Waals surface area contributed by atoms with Crippen LogP contribution in [-0.2, 0) is 0 Å². The second-order valence-corrected chi connectivity index (χ2v) is 8.05. The summed E-state index contributed by atoms with van der Waals surface area (Å²) in [5.41, 5.74) is 1.09. The number of imidazole rings is 1. The molecular formula is C19H21F2N5OS. The number of carbonyl (C=O) groups is 1. The summed E-state index contributed by atoms with van der Waals surface area (Å²) < 4.78 is 27.2. The van der Waals surface area contributed by atoms with Crippen molar-refractivity contribution in [3.05, 3.63) is 35.9 Å². The van der Waals surface area contributed by atoms with Gasteiger partial charge in [-0.1, -0.05) is 0 Å². The van der Waals surface area contributed by atoms with Crippen LogP contribution in [0.5, 0.6) is 0 Å². The fourth-order valence-electron chi connectivity index (χ4n) is 3.71. The summed E-state index contributed by atoms with van der Waals surface area (Å²) in [5.74, 6) is 0.523. The molecule has 1 fully saturated rings. The first-order valence-corrected chi connectivity index (χ1v) is 10.3. The first-order chi connectivity index (χ1) is 13.6. The van der Waals surface area contributed by atoms with Crippen LogP contribution in [0, 0.1) is 5.92 Å². The highest BCUT2D eigenvalue weighted by Crippen LogP contribution is 2.29. The van der Waals surface area contributed by atoms with E-state index in [0.717, 1.165) is 35.9 Å². The van der Waals surface area contributed by atoms with Crippen LogP contribution in [0.25, 0.3) is 16.2 Å². The van der Waals surface area contributed by atoms with Crippen molar-refractivity contribution in [1.29, 1.82) is 0 Å². The molecule has 0 aliphatic heterocycles. The van der Waals surface area contributed by atoms with E-state index in [0.29, 0.717) is 24.0 Å². The van der Waals surface area contributed by atoms with Gasteiger partial charge in [-0.05, 0) is 49.5 Å². The third kappa shape index (κ3) is 4.19. The number of amides is 1. The predicted molar refractivity (Wildman–Crippen MR) is 103 cm³/mol. The van der Waals surface area contributed by atoms with Crippen molar-refractivity contribution in [2.75, 3.05) is 0 Å². The van der Waals surface area contributed by atoms with Crippen molar-refractivity contribution >= 4 is 27.5 Å². The Kier molecular flexibility index (Phi) is 5.61. The van der Waals surface area contributed by atoms with E-state index in [4.69, 9.17) is 0 Å². The fraction of sp³-hybridized carbons (Fsp3) is 0.474. The molecule has 1 aliphatic carbocycles. The molecule has 0 bridgehead atoms. The van der Waals surface area contributed by atoms with Crippen molar-refractivity contribution in [3.8, 4) is 5.95 Å². The minimum Gasteiger partial charge on any atom is -0.348 e. The lowest BCUT2D eigenvalue weighted by atomic mass is 9.83. The van der Waals surface area contributed by atoms with E-state index in [-0.39, 0.29) is 18.4 Å². The molecule has 1 aliphatic rings. The number of hydrogen-bond acceptors (Lipinski definition) is 5. The number of fused-ring (bicyclic) bond motifs is 1. The van der Waals surface area contributed by atoms with Gasteiger partial charge in [-0.25, -0.2) is 23.7 Å². The Morgan fingerprint density at radius 2 is 2.11 bits per heavy atom. The van der Waals surface area contributed by atoms with Gasteiger partial charge in [0, 0.05) is 24.9 Å². The number of nitrogens with zero attached hydrogens (tertiary/aromatic N) is 4. The van der Waals surface area contributed by atoms with Crippen molar-refractivity contribution in [2.45, 2.75) is 51.0 Å². The molecule has 1 amide bonds. The van der Waals surface area contributed by atoms with Crippen LogP contribution in [0.4, 0.5) is 8.78 Å². The van der Waals surface area contributed by atoms with Gasteiger partial charge < -0.3 is 5.32 Å². The van der Waals surface area contributed by atoms with Gasteiger partial charge in [0.05, 0.1) is 10.2 Å². The number of halogens is 2. The summed E-state index contributed by atoms with van der Waals surface area (Å²) in [6.07, 6.45) is 6.63. The van der Waals surface area contributed by atoms with Gasteiger partial charge in [0.25, 0.3) is 5.91 Å². The number of thiophene rings is 1. The SMILES string of the molecule is O=C(NC1CCC(CCC(F)F)CC1)c1nc(-n2ccnc2)nc2ccsc12. The predicted octanol–water partition coefficient (Wildman–Crippen LogP) is 4.21. The van der Waals surface area contributed by atoms with Gasteiger partial charge in [0.15, 0.2) is 5.69 Å². The van der Waals surface area contributed by atoms with Crippen molar-refractivity contribution in [2.24, 2.45) is 5.92 Å². The van der Waals surface area contributed by atoms with Crippen LogP contribution < -0.4 is 5.32 Å². The van der Waals surface area contributed by atoms with Crippen molar-refractivity contribution < 1.29 is 13.6 Å². The topological polar surface area (TPSA) is 72.7 Å². The third-order valence-corrected chi connectivity index (χ3v) is 6.13. The Morgan fingerprint density at radius 1 is 1.29 bits per heavy atom. The summed E-state index contributed by atoms with van der Waals surface area (Å²) in [6, 6.07) is 1.92. The molecule has 4 rings (SSSR count). The van der Waals surface area contributed by atoms with E-state index in [2.05, 4.69) is 20.3 Å². The maximum absolute atomic E-state index is 12.9. The molecule has 3 aromatic rings. The number of nitrogens with one attached hydrogen (secondary N) is 1. The molecule has 28 heavy (non-hydrogen) atoms. The molecule has 1 saturated carbocycles. The molecule has 9 heteroatoms. The van der Waals surface area contributed by atoms with Gasteiger partial charge >= 0.3 is 0 Å². The standard InChI is InChI=1S/C19H21F2N5OS/c20-15(21)6-3-12-1-4-13(5-2-12)23-18(27)16-17-14(7-10-28-17)24-19(25-16)26-9-8-22-11-26/h7-13,15H,1-6H2,(H,23,27). The maximum Gasteiger partial charge on any atom is 0.271 e. The minimum absolute atomic E-state index is 0.0317. The van der Waals surface area contributed by atoms with Gasteiger partial charge in [-0.15, -0.1) is 11.3 Å². The Morgan fingerprint density at radius 3 is 2.82 bits per heavy atom. The zero-order valence-electron chi connectivity index (χ0n) is 15.2. The van der Waals surface area contributed by atoms with Gasteiger partial charge in [0.2, 0.25) is 12.4 Å². The summed E-state index contributed by atoms with van der Waals surface area (Å²) in [5, 5.41) is 4.97. The van der Waals surface area contributed by atoms with E-state index in [1.165, 1.54) is 11.3 Å².